The standard InChI is InChI=1S/C20H31N3O2/c1-13(2)16-9-7-15(8-10-16)12-22-19(24)17-6-5-11-23(17)20(25)18(21)14(3)4/h7-10,13-14,17-18H,5-6,11-12,21H2,1-4H3,(H,22,24)/t17-,18-/m0/s1. The molecule has 2 amide bonds. The third-order valence-corrected chi connectivity index (χ3v) is 4.96. The molecule has 0 radical (unpaired) electrons. The van der Waals surface area contributed by atoms with Crippen LogP contribution >= 0.6 is 0 Å². The topological polar surface area (TPSA) is 75.4 Å². The molecule has 0 aliphatic carbocycles. The molecule has 0 saturated carbocycles. The molecule has 5 nitrogen and oxygen atoms in total. The van der Waals surface area contributed by atoms with Crippen molar-refractivity contribution in [2.24, 2.45) is 11.7 Å². The van der Waals surface area contributed by atoms with Gasteiger partial charge in [-0.25, -0.2) is 0 Å². The van der Waals surface area contributed by atoms with Gasteiger partial charge in [0, 0.05) is 13.1 Å². The Bertz CT molecular complexity index is 595. The summed E-state index contributed by atoms with van der Waals surface area (Å²) in [6.07, 6.45) is 1.55. The van der Waals surface area contributed by atoms with E-state index in [0.29, 0.717) is 25.4 Å². The third-order valence-electron chi connectivity index (χ3n) is 4.96. The molecule has 0 unspecified atom stereocenters. The summed E-state index contributed by atoms with van der Waals surface area (Å²) < 4.78 is 0. The second-order valence-corrected chi connectivity index (χ2v) is 7.57. The lowest BCUT2D eigenvalue weighted by Gasteiger charge is -2.28. The molecule has 2 rings (SSSR count). The zero-order valence-electron chi connectivity index (χ0n) is 15.8. The van der Waals surface area contributed by atoms with Gasteiger partial charge in [-0.3, -0.25) is 9.59 Å². The molecule has 1 aliphatic rings. The summed E-state index contributed by atoms with van der Waals surface area (Å²) >= 11 is 0. The first-order valence-electron chi connectivity index (χ1n) is 9.24. The van der Waals surface area contributed by atoms with E-state index in [-0.39, 0.29) is 17.7 Å². The Morgan fingerprint density at radius 2 is 1.84 bits per heavy atom. The summed E-state index contributed by atoms with van der Waals surface area (Å²) in [5, 5.41) is 2.97. The zero-order valence-corrected chi connectivity index (χ0v) is 15.8. The van der Waals surface area contributed by atoms with Crippen LogP contribution in [0.4, 0.5) is 0 Å². The second kappa shape index (κ2) is 8.48. The van der Waals surface area contributed by atoms with Crippen LogP contribution in [-0.4, -0.2) is 35.3 Å². The Hall–Kier alpha value is -1.88. The van der Waals surface area contributed by atoms with E-state index in [2.05, 4.69) is 31.3 Å². The molecule has 1 aliphatic heterocycles. The molecule has 1 fully saturated rings. The predicted molar refractivity (Wildman–Crippen MR) is 99.9 cm³/mol. The van der Waals surface area contributed by atoms with Crippen LogP contribution in [0.5, 0.6) is 0 Å². The monoisotopic (exact) mass is 345 g/mol. The van der Waals surface area contributed by atoms with Gasteiger partial charge in [0.1, 0.15) is 6.04 Å². The van der Waals surface area contributed by atoms with Gasteiger partial charge in [-0.05, 0) is 35.8 Å². The van der Waals surface area contributed by atoms with Crippen molar-refractivity contribution < 1.29 is 9.59 Å². The van der Waals surface area contributed by atoms with Crippen LogP contribution in [0.25, 0.3) is 0 Å². The van der Waals surface area contributed by atoms with Gasteiger partial charge in [-0.1, -0.05) is 52.0 Å². The van der Waals surface area contributed by atoms with Crippen LogP contribution in [0.15, 0.2) is 24.3 Å². The fourth-order valence-corrected chi connectivity index (χ4v) is 3.11. The van der Waals surface area contributed by atoms with E-state index < -0.39 is 12.1 Å². The number of amides is 2. The zero-order chi connectivity index (χ0) is 18.6. The fourth-order valence-electron chi connectivity index (χ4n) is 3.11. The van der Waals surface area contributed by atoms with E-state index in [1.807, 2.05) is 26.0 Å². The number of hydrogen-bond donors (Lipinski definition) is 2. The highest BCUT2D eigenvalue weighted by atomic mass is 16.2. The molecule has 3 N–H and O–H groups in total. The summed E-state index contributed by atoms with van der Waals surface area (Å²) in [5.74, 6) is 0.354. The molecule has 1 aromatic rings. The molecule has 1 aromatic carbocycles. The number of nitrogens with zero attached hydrogens (tertiary/aromatic N) is 1. The van der Waals surface area contributed by atoms with Crippen LogP contribution in [0.3, 0.4) is 0 Å². The van der Waals surface area contributed by atoms with Crippen molar-refractivity contribution in [1.29, 1.82) is 0 Å². The van der Waals surface area contributed by atoms with Crippen LogP contribution in [0.2, 0.25) is 0 Å². The average Bonchev–Trinajstić information content (AvgIpc) is 3.08. The first-order valence-corrected chi connectivity index (χ1v) is 9.24. The number of hydrogen-bond acceptors (Lipinski definition) is 3. The highest BCUT2D eigenvalue weighted by Crippen LogP contribution is 2.20. The number of rotatable bonds is 6. The smallest absolute Gasteiger partial charge is 0.243 e. The highest BCUT2D eigenvalue weighted by molar-refractivity contribution is 5.90. The summed E-state index contributed by atoms with van der Waals surface area (Å²) in [7, 11) is 0. The molecular weight excluding hydrogens is 314 g/mol. The molecule has 2 atom stereocenters. The average molecular weight is 345 g/mol. The third kappa shape index (κ3) is 4.82. The molecule has 138 valence electrons. The molecule has 0 spiro atoms. The van der Waals surface area contributed by atoms with Crippen molar-refractivity contribution in [3.8, 4) is 0 Å². The number of benzene rings is 1. The van der Waals surface area contributed by atoms with Crippen LogP contribution in [0, 0.1) is 5.92 Å². The molecule has 1 heterocycles. The second-order valence-electron chi connectivity index (χ2n) is 7.57. The van der Waals surface area contributed by atoms with Gasteiger partial charge in [-0.2, -0.15) is 0 Å². The van der Waals surface area contributed by atoms with Gasteiger partial charge in [0.25, 0.3) is 0 Å². The Morgan fingerprint density at radius 3 is 2.40 bits per heavy atom. The van der Waals surface area contributed by atoms with Crippen molar-refractivity contribution in [3.63, 3.8) is 0 Å². The lowest BCUT2D eigenvalue weighted by molar-refractivity contribution is -0.140. The van der Waals surface area contributed by atoms with E-state index in [4.69, 9.17) is 5.73 Å². The largest absolute Gasteiger partial charge is 0.350 e. The number of nitrogens with two attached hydrogens (primary N) is 1. The van der Waals surface area contributed by atoms with E-state index >= 15 is 0 Å². The number of carbonyl (C=O) groups excluding carboxylic acids is 2. The summed E-state index contributed by atoms with van der Waals surface area (Å²) in [6.45, 7) is 9.25. The minimum Gasteiger partial charge on any atom is -0.350 e. The predicted octanol–water partition coefficient (Wildman–Crippen LogP) is 2.40. The first kappa shape index (κ1) is 19.4. The quantitative estimate of drug-likeness (QED) is 0.831. The minimum absolute atomic E-state index is 0.0660. The molecule has 1 saturated heterocycles. The van der Waals surface area contributed by atoms with E-state index in [1.54, 1.807) is 4.90 Å². The van der Waals surface area contributed by atoms with Crippen LogP contribution in [0.1, 0.15) is 57.6 Å². The lowest BCUT2D eigenvalue weighted by Crippen LogP contribution is -2.52. The summed E-state index contributed by atoms with van der Waals surface area (Å²) in [5.41, 5.74) is 8.33. The van der Waals surface area contributed by atoms with Crippen LogP contribution < -0.4 is 11.1 Å². The normalized spacial score (nSPS) is 18.7. The van der Waals surface area contributed by atoms with Crippen molar-refractivity contribution in [2.75, 3.05) is 6.54 Å². The molecule has 0 bridgehead atoms. The molecule has 25 heavy (non-hydrogen) atoms. The Morgan fingerprint density at radius 1 is 1.20 bits per heavy atom. The van der Waals surface area contributed by atoms with Gasteiger partial charge in [-0.15, -0.1) is 0 Å². The van der Waals surface area contributed by atoms with Gasteiger partial charge >= 0.3 is 0 Å². The lowest BCUT2D eigenvalue weighted by atomic mass is 10.0. The molecule has 0 aromatic heterocycles. The van der Waals surface area contributed by atoms with Gasteiger partial charge < -0.3 is 16.0 Å². The number of nitrogens with one attached hydrogen (secondary N) is 1. The van der Waals surface area contributed by atoms with Gasteiger partial charge in [0.05, 0.1) is 6.04 Å². The van der Waals surface area contributed by atoms with Gasteiger partial charge in [0.15, 0.2) is 0 Å². The maximum absolute atomic E-state index is 12.6. The van der Waals surface area contributed by atoms with E-state index in [1.165, 1.54) is 5.56 Å². The maximum atomic E-state index is 12.6. The summed E-state index contributed by atoms with van der Waals surface area (Å²) in [4.78, 5) is 26.7. The first-order chi connectivity index (χ1) is 11.8. The summed E-state index contributed by atoms with van der Waals surface area (Å²) in [6, 6.07) is 7.34. The minimum atomic E-state index is -0.544. The number of carbonyl (C=O) groups is 2. The fraction of sp³-hybridized carbons (Fsp3) is 0.600. The van der Waals surface area contributed by atoms with Gasteiger partial charge in [0.2, 0.25) is 11.8 Å². The Kier molecular flexibility index (Phi) is 6.59. The van der Waals surface area contributed by atoms with Crippen LogP contribution in [-0.2, 0) is 16.1 Å². The molecule has 5 heteroatoms. The maximum Gasteiger partial charge on any atom is 0.243 e. The van der Waals surface area contributed by atoms with Crippen molar-refractivity contribution in [2.45, 2.75) is 65.1 Å². The number of likely N-dealkylation sites (tertiary alicyclic amines) is 1. The van der Waals surface area contributed by atoms with Crippen molar-refractivity contribution in [3.05, 3.63) is 35.4 Å². The Labute approximate surface area is 151 Å². The van der Waals surface area contributed by atoms with Crippen molar-refractivity contribution in [1.82, 2.24) is 10.2 Å². The van der Waals surface area contributed by atoms with E-state index in [0.717, 1.165) is 12.0 Å². The Balaban J connectivity index is 1.94. The van der Waals surface area contributed by atoms with E-state index in [9.17, 15) is 9.59 Å². The van der Waals surface area contributed by atoms with Crippen molar-refractivity contribution >= 4 is 11.8 Å². The highest BCUT2D eigenvalue weighted by Gasteiger charge is 2.36. The molecular formula is C20H31N3O2. The SMILES string of the molecule is CC(C)c1ccc(CNC(=O)[C@@H]2CCCN2C(=O)[C@@H](N)C(C)C)cc1.